The van der Waals surface area contributed by atoms with Gasteiger partial charge in [0.05, 0.1) is 16.6 Å². The first-order valence-electron chi connectivity index (χ1n) is 6.50. The van der Waals surface area contributed by atoms with Crippen LogP contribution in [0, 0.1) is 18.3 Å². The van der Waals surface area contributed by atoms with Gasteiger partial charge in [0.1, 0.15) is 11.9 Å². The molecule has 0 saturated carbocycles. The van der Waals surface area contributed by atoms with Crippen molar-refractivity contribution in [2.45, 2.75) is 6.92 Å². The molecule has 1 N–H and O–H groups in total. The van der Waals surface area contributed by atoms with Crippen molar-refractivity contribution in [2.24, 2.45) is 0 Å². The van der Waals surface area contributed by atoms with Crippen LogP contribution in [-0.2, 0) is 0 Å². The Kier molecular flexibility index (Phi) is 4.87. The summed E-state index contributed by atoms with van der Waals surface area (Å²) in [5.74, 6) is 0.554. The summed E-state index contributed by atoms with van der Waals surface area (Å²) in [5, 5.41) is 10.00. The summed E-state index contributed by atoms with van der Waals surface area (Å²) < 4.78 is 0. The third-order valence-electron chi connectivity index (χ3n) is 3.22. The third kappa shape index (κ3) is 3.14. The van der Waals surface area contributed by atoms with Crippen LogP contribution >= 0.6 is 24.0 Å². The molecule has 1 aromatic heterocycles. The fourth-order valence-corrected chi connectivity index (χ4v) is 2.34. The van der Waals surface area contributed by atoms with Crippen LogP contribution < -0.4 is 0 Å². The number of nitrogens with one attached hydrogen (secondary N) is 1. The molecule has 0 saturated heterocycles. The van der Waals surface area contributed by atoms with Crippen molar-refractivity contribution in [3.8, 4) is 6.07 Å². The Labute approximate surface area is 139 Å². The molecule has 0 bridgehead atoms. The summed E-state index contributed by atoms with van der Waals surface area (Å²) in [4.78, 5) is 7.64. The van der Waals surface area contributed by atoms with Crippen molar-refractivity contribution in [1.82, 2.24) is 9.97 Å². The molecule has 1 heterocycles. The summed E-state index contributed by atoms with van der Waals surface area (Å²) in [6.45, 7) is 2.02. The number of hydrogen-bond donors (Lipinski definition) is 1. The van der Waals surface area contributed by atoms with Crippen LogP contribution in [0.5, 0.6) is 0 Å². The second-order valence-corrected chi connectivity index (χ2v) is 5.20. The third-order valence-corrected chi connectivity index (χ3v) is 3.56. The highest BCUT2D eigenvalue weighted by Gasteiger charge is 2.08. The fraction of sp³-hybridized carbons (Fsp3) is 0.0588. The van der Waals surface area contributed by atoms with E-state index in [1.807, 2.05) is 43.3 Å². The Bertz CT molecular complexity index is 888. The minimum atomic E-state index is 0. The Balaban J connectivity index is 0.00000176. The maximum atomic E-state index is 9.39. The second-order valence-electron chi connectivity index (χ2n) is 4.80. The maximum absolute atomic E-state index is 9.39. The molecule has 0 amide bonds. The number of imidazole rings is 1. The number of rotatable bonds is 2. The van der Waals surface area contributed by atoms with Crippen molar-refractivity contribution in [3.05, 3.63) is 64.4 Å². The predicted molar refractivity (Wildman–Crippen MR) is 93.0 cm³/mol. The number of aromatic amines is 1. The SMILES string of the molecule is Cc1ccc2nc(/C(C#N)=C/c3ccccc3Cl)[nH]c2c1.Cl. The largest absolute Gasteiger partial charge is 0.337 e. The number of aryl methyl sites for hydroxylation is 1. The molecule has 5 heteroatoms. The Morgan fingerprint density at radius 3 is 2.77 bits per heavy atom. The van der Waals surface area contributed by atoms with E-state index in [4.69, 9.17) is 11.6 Å². The second kappa shape index (κ2) is 6.65. The molecule has 0 aliphatic carbocycles. The van der Waals surface area contributed by atoms with Gasteiger partial charge in [-0.05, 0) is 42.3 Å². The fourth-order valence-electron chi connectivity index (χ4n) is 2.15. The van der Waals surface area contributed by atoms with Crippen LogP contribution in [-0.4, -0.2) is 9.97 Å². The van der Waals surface area contributed by atoms with Gasteiger partial charge in [-0.1, -0.05) is 35.9 Å². The number of fused-ring (bicyclic) bond motifs is 1. The number of nitriles is 1. The molecule has 0 spiro atoms. The molecule has 0 aliphatic rings. The minimum Gasteiger partial charge on any atom is -0.337 e. The molecule has 0 radical (unpaired) electrons. The summed E-state index contributed by atoms with van der Waals surface area (Å²) in [7, 11) is 0. The van der Waals surface area contributed by atoms with Gasteiger partial charge in [0.2, 0.25) is 0 Å². The number of benzene rings is 2. The molecular formula is C17H13Cl2N3. The highest BCUT2D eigenvalue weighted by Crippen LogP contribution is 2.23. The molecule has 22 heavy (non-hydrogen) atoms. The molecule has 0 unspecified atom stereocenters. The number of halogens is 2. The lowest BCUT2D eigenvalue weighted by atomic mass is 10.1. The van der Waals surface area contributed by atoms with Crippen LogP contribution in [0.4, 0.5) is 0 Å². The number of hydrogen-bond acceptors (Lipinski definition) is 2. The van der Waals surface area contributed by atoms with E-state index in [-0.39, 0.29) is 12.4 Å². The monoisotopic (exact) mass is 329 g/mol. The minimum absolute atomic E-state index is 0. The van der Waals surface area contributed by atoms with E-state index in [1.54, 1.807) is 12.1 Å². The maximum Gasteiger partial charge on any atom is 0.149 e. The lowest BCUT2D eigenvalue weighted by molar-refractivity contribution is 1.27. The van der Waals surface area contributed by atoms with Gasteiger partial charge in [-0.3, -0.25) is 0 Å². The van der Waals surface area contributed by atoms with Gasteiger partial charge in [0.25, 0.3) is 0 Å². The van der Waals surface area contributed by atoms with Gasteiger partial charge in [-0.2, -0.15) is 5.26 Å². The summed E-state index contributed by atoms with van der Waals surface area (Å²) in [5.41, 5.74) is 4.16. The van der Waals surface area contributed by atoms with E-state index in [9.17, 15) is 5.26 Å². The van der Waals surface area contributed by atoms with Crippen molar-refractivity contribution in [2.75, 3.05) is 0 Å². The van der Waals surface area contributed by atoms with E-state index in [2.05, 4.69) is 16.0 Å². The smallest absolute Gasteiger partial charge is 0.149 e. The van der Waals surface area contributed by atoms with Gasteiger partial charge >= 0.3 is 0 Å². The van der Waals surface area contributed by atoms with Crippen molar-refractivity contribution >= 4 is 46.7 Å². The highest BCUT2D eigenvalue weighted by molar-refractivity contribution is 6.32. The number of nitrogens with zero attached hydrogens (tertiary/aromatic N) is 2. The van der Waals surface area contributed by atoms with Crippen molar-refractivity contribution in [1.29, 1.82) is 5.26 Å². The van der Waals surface area contributed by atoms with Gasteiger partial charge < -0.3 is 4.98 Å². The highest BCUT2D eigenvalue weighted by atomic mass is 35.5. The normalized spacial score (nSPS) is 11.0. The van der Waals surface area contributed by atoms with Crippen LogP contribution in [0.25, 0.3) is 22.7 Å². The van der Waals surface area contributed by atoms with Crippen LogP contribution in [0.1, 0.15) is 17.0 Å². The molecule has 0 fully saturated rings. The molecule has 0 atom stereocenters. The molecule has 2 aromatic carbocycles. The lowest BCUT2D eigenvalue weighted by Gasteiger charge is -1.98. The molecular weight excluding hydrogens is 317 g/mol. The van der Waals surface area contributed by atoms with E-state index in [0.717, 1.165) is 22.2 Å². The van der Waals surface area contributed by atoms with Gasteiger partial charge in [0, 0.05) is 5.02 Å². The number of H-pyrrole nitrogens is 1. The lowest BCUT2D eigenvalue weighted by Crippen LogP contribution is -1.85. The van der Waals surface area contributed by atoms with Crippen LogP contribution in [0.15, 0.2) is 42.5 Å². The zero-order chi connectivity index (χ0) is 14.8. The first-order chi connectivity index (χ1) is 10.2. The molecule has 3 rings (SSSR count). The molecule has 0 aliphatic heterocycles. The Morgan fingerprint density at radius 1 is 1.27 bits per heavy atom. The average molecular weight is 330 g/mol. The van der Waals surface area contributed by atoms with Gasteiger partial charge in [0.15, 0.2) is 0 Å². The summed E-state index contributed by atoms with van der Waals surface area (Å²) in [6.07, 6.45) is 1.74. The molecule has 110 valence electrons. The zero-order valence-corrected chi connectivity index (χ0v) is 13.4. The van der Waals surface area contributed by atoms with Crippen molar-refractivity contribution < 1.29 is 0 Å². The van der Waals surface area contributed by atoms with Gasteiger partial charge in [-0.25, -0.2) is 4.98 Å². The van der Waals surface area contributed by atoms with Crippen molar-refractivity contribution in [3.63, 3.8) is 0 Å². The number of aromatic nitrogens is 2. The Hall–Kier alpha value is -2.28. The molecule has 3 nitrogen and oxygen atoms in total. The Morgan fingerprint density at radius 2 is 2.05 bits per heavy atom. The summed E-state index contributed by atoms with van der Waals surface area (Å²) >= 11 is 6.13. The van der Waals surface area contributed by atoms with E-state index in [0.29, 0.717) is 16.4 Å². The van der Waals surface area contributed by atoms with E-state index in [1.165, 1.54) is 0 Å². The van der Waals surface area contributed by atoms with E-state index < -0.39 is 0 Å². The topological polar surface area (TPSA) is 52.5 Å². The van der Waals surface area contributed by atoms with E-state index >= 15 is 0 Å². The van der Waals surface area contributed by atoms with Crippen LogP contribution in [0.3, 0.4) is 0 Å². The molecule has 3 aromatic rings. The summed E-state index contributed by atoms with van der Waals surface area (Å²) in [6, 6.07) is 15.5. The first kappa shape index (κ1) is 16.1. The zero-order valence-electron chi connectivity index (χ0n) is 11.8. The quantitative estimate of drug-likeness (QED) is 0.672. The van der Waals surface area contributed by atoms with Crippen LogP contribution in [0.2, 0.25) is 5.02 Å². The first-order valence-corrected chi connectivity index (χ1v) is 6.88. The predicted octanol–water partition coefficient (Wildman–Crippen LogP) is 5.01. The number of allylic oxidation sites excluding steroid dienone is 1. The average Bonchev–Trinajstić information content (AvgIpc) is 2.89. The standard InChI is InChI=1S/C17H12ClN3.ClH/c1-11-6-7-15-16(8-11)21-17(20-15)13(10-19)9-12-4-2-3-5-14(12)18;/h2-9H,1H3,(H,20,21);1H/b13-9+;. The van der Waals surface area contributed by atoms with Gasteiger partial charge in [-0.15, -0.1) is 12.4 Å².